The molecule has 9 aromatic carbocycles. The molecule has 2 aromatic heterocycles. The van der Waals surface area contributed by atoms with Gasteiger partial charge in [0.15, 0.2) is 5.58 Å². The lowest BCUT2D eigenvalue weighted by molar-refractivity contribution is 0.668. The van der Waals surface area contributed by atoms with Crippen molar-refractivity contribution in [1.29, 1.82) is 0 Å². The van der Waals surface area contributed by atoms with Crippen LogP contribution in [-0.2, 0) is 5.41 Å². The molecular weight excluding hydrogens is 707 g/mol. The largest absolute Gasteiger partial charge is 0.456 e. The SMILES string of the molecule is c1ccc(C2(c3ccccc3)c3ccccc3-c3cc(N(c4ccc(-c5ccc6oc7ccccc7c6c5)cc4)c4cccc5c4oc4ccccc45)ccc32)cc1. The zero-order valence-electron chi connectivity index (χ0n) is 31.5. The Morgan fingerprint density at radius 2 is 0.914 bits per heavy atom. The number of furan rings is 2. The van der Waals surface area contributed by atoms with Gasteiger partial charge in [0.1, 0.15) is 16.7 Å². The molecule has 0 N–H and O–H groups in total. The fraction of sp³-hybridized carbons (Fsp3) is 0.0182. The zero-order valence-corrected chi connectivity index (χ0v) is 31.5. The molecule has 3 heteroatoms. The van der Waals surface area contributed by atoms with E-state index in [1.807, 2.05) is 18.2 Å². The van der Waals surface area contributed by atoms with E-state index in [1.165, 1.54) is 33.4 Å². The third kappa shape index (κ3) is 4.74. The lowest BCUT2D eigenvalue weighted by atomic mass is 9.68. The van der Waals surface area contributed by atoms with Crippen LogP contribution < -0.4 is 4.90 Å². The molecule has 1 aliphatic carbocycles. The minimum atomic E-state index is -0.473. The Bertz CT molecular complexity index is 3300. The molecule has 0 saturated carbocycles. The standard InChI is InChI=1S/C55H35NO2/c1-3-14-38(15-4-1)55(39-16-5-2-6-17-39)48-22-10-7-18-42(48)46-35-41(31-32-49(46)55)56(50-23-13-21-45-43-19-8-12-25-52(43)58-54(45)50)40-29-26-36(27-30-40)37-28-33-53-47(34-37)44-20-9-11-24-51(44)57-53/h1-35H. The highest BCUT2D eigenvalue weighted by Crippen LogP contribution is 2.57. The number of nitrogens with zero attached hydrogens (tertiary/aromatic N) is 1. The van der Waals surface area contributed by atoms with Gasteiger partial charge < -0.3 is 13.7 Å². The molecule has 0 atom stereocenters. The van der Waals surface area contributed by atoms with Crippen molar-refractivity contribution in [3.8, 4) is 22.3 Å². The highest BCUT2D eigenvalue weighted by atomic mass is 16.3. The van der Waals surface area contributed by atoms with Crippen molar-refractivity contribution in [2.24, 2.45) is 0 Å². The molecule has 0 fully saturated rings. The van der Waals surface area contributed by atoms with E-state index >= 15 is 0 Å². The van der Waals surface area contributed by atoms with Crippen molar-refractivity contribution in [1.82, 2.24) is 0 Å². The number of rotatable bonds is 6. The van der Waals surface area contributed by atoms with E-state index in [9.17, 15) is 0 Å². The van der Waals surface area contributed by atoms with Gasteiger partial charge in [-0.2, -0.15) is 0 Å². The normalized spacial score (nSPS) is 13.0. The fourth-order valence-electron chi connectivity index (χ4n) is 9.62. The predicted octanol–water partition coefficient (Wildman–Crippen LogP) is 15.0. The molecule has 0 saturated heterocycles. The molecule has 272 valence electrons. The minimum Gasteiger partial charge on any atom is -0.456 e. The number of para-hydroxylation sites is 3. The summed E-state index contributed by atoms with van der Waals surface area (Å²) in [6, 6.07) is 76.3. The highest BCUT2D eigenvalue weighted by Gasteiger charge is 2.46. The van der Waals surface area contributed by atoms with Crippen LogP contribution in [0.3, 0.4) is 0 Å². The molecule has 0 aliphatic heterocycles. The van der Waals surface area contributed by atoms with E-state index in [2.05, 4.69) is 199 Å². The first kappa shape index (κ1) is 32.6. The van der Waals surface area contributed by atoms with Crippen LogP contribution >= 0.6 is 0 Å². The summed E-state index contributed by atoms with van der Waals surface area (Å²) in [6.45, 7) is 0. The first-order valence-electron chi connectivity index (χ1n) is 19.8. The van der Waals surface area contributed by atoms with E-state index in [4.69, 9.17) is 8.83 Å². The van der Waals surface area contributed by atoms with Gasteiger partial charge >= 0.3 is 0 Å². The first-order valence-corrected chi connectivity index (χ1v) is 19.8. The Labute approximate surface area is 335 Å². The van der Waals surface area contributed by atoms with Crippen molar-refractivity contribution >= 4 is 60.9 Å². The Morgan fingerprint density at radius 3 is 1.67 bits per heavy atom. The minimum absolute atomic E-state index is 0.473. The van der Waals surface area contributed by atoms with E-state index < -0.39 is 5.41 Å². The Balaban J connectivity index is 1.07. The van der Waals surface area contributed by atoms with Gasteiger partial charge in [0.2, 0.25) is 0 Å². The smallest absolute Gasteiger partial charge is 0.159 e. The van der Waals surface area contributed by atoms with Gasteiger partial charge in [0.05, 0.1) is 11.1 Å². The average molecular weight is 742 g/mol. The van der Waals surface area contributed by atoms with Crippen LogP contribution in [0.5, 0.6) is 0 Å². The second-order valence-corrected chi connectivity index (χ2v) is 15.2. The first-order chi connectivity index (χ1) is 28.8. The highest BCUT2D eigenvalue weighted by molar-refractivity contribution is 6.10. The molecule has 2 heterocycles. The summed E-state index contributed by atoms with van der Waals surface area (Å²) in [5.41, 5.74) is 15.9. The maximum atomic E-state index is 6.72. The van der Waals surface area contributed by atoms with Gasteiger partial charge in [0, 0.05) is 32.9 Å². The molecule has 3 nitrogen and oxygen atoms in total. The van der Waals surface area contributed by atoms with Gasteiger partial charge in [-0.05, 0) is 99.1 Å². The van der Waals surface area contributed by atoms with Crippen LogP contribution in [0.4, 0.5) is 17.1 Å². The van der Waals surface area contributed by atoms with Crippen LogP contribution in [-0.4, -0.2) is 0 Å². The Kier molecular flexibility index (Phi) is 7.14. The van der Waals surface area contributed by atoms with Gasteiger partial charge in [-0.25, -0.2) is 0 Å². The summed E-state index contributed by atoms with van der Waals surface area (Å²) in [7, 11) is 0. The van der Waals surface area contributed by atoms with Crippen molar-refractivity contribution in [3.05, 3.63) is 235 Å². The monoisotopic (exact) mass is 741 g/mol. The van der Waals surface area contributed by atoms with Crippen molar-refractivity contribution in [2.75, 3.05) is 4.90 Å². The predicted molar refractivity (Wildman–Crippen MR) is 238 cm³/mol. The van der Waals surface area contributed by atoms with Crippen LogP contribution in [0.25, 0.3) is 66.1 Å². The van der Waals surface area contributed by atoms with Crippen LogP contribution in [0.2, 0.25) is 0 Å². The van der Waals surface area contributed by atoms with E-state index in [0.717, 1.165) is 72.1 Å². The molecule has 1 aliphatic rings. The van der Waals surface area contributed by atoms with Crippen LogP contribution in [0, 0.1) is 0 Å². The third-order valence-electron chi connectivity index (χ3n) is 12.2. The Morgan fingerprint density at radius 1 is 0.345 bits per heavy atom. The molecular formula is C55H35NO2. The third-order valence-corrected chi connectivity index (χ3v) is 12.2. The lowest BCUT2D eigenvalue weighted by Crippen LogP contribution is -2.28. The molecule has 11 aromatic rings. The summed E-state index contributed by atoms with van der Waals surface area (Å²) < 4.78 is 12.9. The van der Waals surface area contributed by atoms with Crippen molar-refractivity contribution < 1.29 is 8.83 Å². The quantitative estimate of drug-likeness (QED) is 0.170. The zero-order chi connectivity index (χ0) is 38.2. The summed E-state index contributed by atoms with van der Waals surface area (Å²) >= 11 is 0. The second-order valence-electron chi connectivity index (χ2n) is 15.2. The molecule has 0 amide bonds. The van der Waals surface area contributed by atoms with Crippen molar-refractivity contribution in [3.63, 3.8) is 0 Å². The van der Waals surface area contributed by atoms with Gasteiger partial charge in [-0.1, -0.05) is 158 Å². The summed E-state index contributed by atoms with van der Waals surface area (Å²) in [6.07, 6.45) is 0. The molecule has 0 bridgehead atoms. The van der Waals surface area contributed by atoms with Crippen LogP contribution in [0.1, 0.15) is 22.3 Å². The second kappa shape index (κ2) is 12.7. The van der Waals surface area contributed by atoms with Gasteiger partial charge in [0.25, 0.3) is 0 Å². The topological polar surface area (TPSA) is 29.5 Å². The summed E-state index contributed by atoms with van der Waals surface area (Å²) in [4.78, 5) is 2.36. The number of benzene rings is 9. The van der Waals surface area contributed by atoms with Crippen LogP contribution in [0.15, 0.2) is 221 Å². The molecule has 0 radical (unpaired) electrons. The van der Waals surface area contributed by atoms with E-state index in [1.54, 1.807) is 0 Å². The molecule has 0 spiro atoms. The number of hydrogen-bond donors (Lipinski definition) is 0. The maximum Gasteiger partial charge on any atom is 0.159 e. The maximum absolute atomic E-state index is 6.72. The molecule has 12 rings (SSSR count). The average Bonchev–Trinajstić information content (AvgIpc) is 3.96. The number of fused-ring (bicyclic) bond motifs is 9. The lowest BCUT2D eigenvalue weighted by Gasteiger charge is -2.34. The fourth-order valence-corrected chi connectivity index (χ4v) is 9.62. The molecule has 58 heavy (non-hydrogen) atoms. The summed E-state index contributed by atoms with van der Waals surface area (Å²) in [5, 5.41) is 4.45. The Hall–Kier alpha value is -7.62. The van der Waals surface area contributed by atoms with E-state index in [-0.39, 0.29) is 0 Å². The molecule has 0 unspecified atom stereocenters. The summed E-state index contributed by atoms with van der Waals surface area (Å²) in [5.74, 6) is 0. The number of anilines is 3. The van der Waals surface area contributed by atoms with Crippen molar-refractivity contribution in [2.45, 2.75) is 5.41 Å². The van der Waals surface area contributed by atoms with Gasteiger partial charge in [-0.15, -0.1) is 0 Å². The van der Waals surface area contributed by atoms with E-state index in [0.29, 0.717) is 0 Å². The van der Waals surface area contributed by atoms with Gasteiger partial charge in [-0.3, -0.25) is 0 Å². The number of hydrogen-bond acceptors (Lipinski definition) is 3.